The molecule has 0 spiro atoms. The van der Waals surface area contributed by atoms with Crippen molar-refractivity contribution >= 4 is 17.5 Å². The fourth-order valence-electron chi connectivity index (χ4n) is 3.63. The molecule has 0 saturated carbocycles. The number of morpholine rings is 1. The molecule has 1 fully saturated rings. The van der Waals surface area contributed by atoms with Crippen molar-refractivity contribution < 1.29 is 28.3 Å². The van der Waals surface area contributed by atoms with E-state index in [1.807, 2.05) is 0 Å². The van der Waals surface area contributed by atoms with Gasteiger partial charge < -0.3 is 24.6 Å². The van der Waals surface area contributed by atoms with Gasteiger partial charge >= 0.3 is 0 Å². The lowest BCUT2D eigenvalue weighted by Gasteiger charge is -2.40. The van der Waals surface area contributed by atoms with Gasteiger partial charge in [0.2, 0.25) is 5.91 Å². The number of rotatable bonds is 6. The maximum atomic E-state index is 13.2. The van der Waals surface area contributed by atoms with E-state index in [9.17, 15) is 19.1 Å². The highest BCUT2D eigenvalue weighted by molar-refractivity contribution is 6.02. The van der Waals surface area contributed by atoms with Gasteiger partial charge in [-0.05, 0) is 42.3 Å². The number of anilines is 1. The molecule has 2 amide bonds. The van der Waals surface area contributed by atoms with E-state index in [0.717, 1.165) is 11.1 Å². The second kappa shape index (κ2) is 9.29. The Kier molecular flexibility index (Phi) is 6.29. The lowest BCUT2D eigenvalue weighted by molar-refractivity contribution is -0.162. The topological polar surface area (TPSA) is 105 Å². The molecule has 3 aromatic rings. The summed E-state index contributed by atoms with van der Waals surface area (Å²) in [5, 5.41) is 16.4. The summed E-state index contributed by atoms with van der Waals surface area (Å²) in [4.78, 5) is 26.3. The average Bonchev–Trinajstić information content (AvgIpc) is 3.23. The maximum absolute atomic E-state index is 13.2. The predicted molar refractivity (Wildman–Crippen MR) is 112 cm³/mol. The van der Waals surface area contributed by atoms with Gasteiger partial charge in [-0.3, -0.25) is 9.59 Å². The first kappa shape index (κ1) is 21.7. The van der Waals surface area contributed by atoms with E-state index in [-0.39, 0.29) is 37.2 Å². The van der Waals surface area contributed by atoms with Gasteiger partial charge in [-0.15, -0.1) is 0 Å². The summed E-state index contributed by atoms with van der Waals surface area (Å²) in [6, 6.07) is 13.8. The van der Waals surface area contributed by atoms with Crippen LogP contribution in [0.25, 0.3) is 0 Å². The molecule has 9 heteroatoms. The smallest absolute Gasteiger partial charge is 0.277 e. The Morgan fingerprint density at radius 3 is 2.56 bits per heavy atom. The van der Waals surface area contributed by atoms with Crippen molar-refractivity contribution in [2.75, 3.05) is 18.5 Å². The van der Waals surface area contributed by atoms with Crippen molar-refractivity contribution in [1.82, 2.24) is 10.1 Å². The normalized spacial score (nSPS) is 18.6. The minimum absolute atomic E-state index is 0.133. The van der Waals surface area contributed by atoms with Crippen LogP contribution in [0.15, 0.2) is 59.1 Å². The predicted octanol–water partition coefficient (Wildman–Crippen LogP) is 2.84. The van der Waals surface area contributed by atoms with Crippen molar-refractivity contribution in [2.45, 2.75) is 25.6 Å². The molecule has 0 aliphatic carbocycles. The zero-order valence-electron chi connectivity index (χ0n) is 17.3. The van der Waals surface area contributed by atoms with Crippen molar-refractivity contribution in [2.24, 2.45) is 0 Å². The molecule has 4 rings (SSSR count). The Morgan fingerprint density at radius 2 is 1.94 bits per heavy atom. The van der Waals surface area contributed by atoms with Gasteiger partial charge in [0.15, 0.2) is 5.69 Å². The third-order valence-electron chi connectivity index (χ3n) is 5.27. The molecule has 2 unspecified atom stereocenters. The lowest BCUT2D eigenvalue weighted by Crippen LogP contribution is -2.52. The van der Waals surface area contributed by atoms with Crippen molar-refractivity contribution in [3.8, 4) is 0 Å². The molecule has 0 radical (unpaired) electrons. The molecule has 1 saturated heterocycles. The van der Waals surface area contributed by atoms with Crippen LogP contribution in [-0.2, 0) is 16.1 Å². The summed E-state index contributed by atoms with van der Waals surface area (Å²) >= 11 is 0. The Hall–Kier alpha value is -3.56. The largest absolute Gasteiger partial charge is 0.394 e. The molecular weight excluding hydrogens is 417 g/mol. The van der Waals surface area contributed by atoms with Crippen LogP contribution in [0.4, 0.5) is 10.1 Å². The number of benzene rings is 2. The van der Waals surface area contributed by atoms with Gasteiger partial charge in [0.25, 0.3) is 5.91 Å². The fourth-order valence-corrected chi connectivity index (χ4v) is 3.63. The summed E-state index contributed by atoms with van der Waals surface area (Å²) in [6.07, 6.45) is -0.555. The van der Waals surface area contributed by atoms with Crippen LogP contribution in [0, 0.1) is 12.7 Å². The summed E-state index contributed by atoms with van der Waals surface area (Å²) < 4.78 is 23.9. The van der Waals surface area contributed by atoms with Gasteiger partial charge in [-0.25, -0.2) is 4.39 Å². The number of halogens is 1. The van der Waals surface area contributed by atoms with Crippen molar-refractivity contribution in [3.63, 3.8) is 0 Å². The van der Waals surface area contributed by atoms with Gasteiger partial charge in [0, 0.05) is 18.3 Å². The number of aryl methyl sites for hydroxylation is 1. The standard InChI is InChI=1S/C23H22FN3O5/c1-14-10-19(26-32-14)23(30)25-18-8-4-16(5-9-18)22-20(12-28)27(21(29)13-31-22)11-15-2-6-17(24)7-3-15/h2-10,20,22,28H,11-13H2,1H3,(H,25,30). The summed E-state index contributed by atoms with van der Waals surface area (Å²) in [6.45, 7) is 1.49. The second-order valence-corrected chi connectivity index (χ2v) is 7.53. The Morgan fingerprint density at radius 1 is 1.22 bits per heavy atom. The molecule has 2 heterocycles. The summed E-state index contributed by atoms with van der Waals surface area (Å²) in [5.41, 5.74) is 2.23. The zero-order chi connectivity index (χ0) is 22.7. The van der Waals surface area contributed by atoms with E-state index >= 15 is 0 Å². The van der Waals surface area contributed by atoms with Crippen LogP contribution < -0.4 is 5.32 Å². The van der Waals surface area contributed by atoms with Crippen molar-refractivity contribution in [3.05, 3.63) is 83.0 Å². The Bertz CT molecular complexity index is 1100. The second-order valence-electron chi connectivity index (χ2n) is 7.53. The van der Waals surface area contributed by atoms with Gasteiger partial charge in [-0.1, -0.05) is 29.4 Å². The molecule has 1 aliphatic rings. The first-order valence-corrected chi connectivity index (χ1v) is 10.1. The van der Waals surface area contributed by atoms with Crippen LogP contribution in [-0.4, -0.2) is 46.2 Å². The molecule has 166 valence electrons. The average molecular weight is 439 g/mol. The number of nitrogens with zero attached hydrogens (tertiary/aromatic N) is 2. The highest BCUT2D eigenvalue weighted by Crippen LogP contribution is 2.31. The fraction of sp³-hybridized carbons (Fsp3) is 0.261. The number of carbonyl (C=O) groups is 2. The third-order valence-corrected chi connectivity index (χ3v) is 5.27. The van der Waals surface area contributed by atoms with Crippen LogP contribution in [0.5, 0.6) is 0 Å². The maximum Gasteiger partial charge on any atom is 0.277 e. The molecule has 1 aromatic heterocycles. The van der Waals surface area contributed by atoms with Gasteiger partial charge in [-0.2, -0.15) is 0 Å². The molecule has 1 aliphatic heterocycles. The zero-order valence-corrected chi connectivity index (χ0v) is 17.3. The molecule has 8 nitrogen and oxygen atoms in total. The lowest BCUT2D eigenvalue weighted by atomic mass is 9.98. The van der Waals surface area contributed by atoms with E-state index in [1.54, 1.807) is 48.2 Å². The van der Waals surface area contributed by atoms with Crippen molar-refractivity contribution in [1.29, 1.82) is 0 Å². The third kappa shape index (κ3) is 4.68. The number of amides is 2. The summed E-state index contributed by atoms with van der Waals surface area (Å²) in [7, 11) is 0. The van der Waals surface area contributed by atoms with Crippen LogP contribution >= 0.6 is 0 Å². The molecule has 32 heavy (non-hydrogen) atoms. The van der Waals surface area contributed by atoms with Gasteiger partial charge in [0.1, 0.15) is 24.3 Å². The molecule has 2 atom stereocenters. The molecule has 2 N–H and O–H groups in total. The van der Waals surface area contributed by atoms with Gasteiger partial charge in [0.05, 0.1) is 12.6 Å². The van der Waals surface area contributed by atoms with E-state index in [0.29, 0.717) is 11.4 Å². The van der Waals surface area contributed by atoms with E-state index < -0.39 is 18.1 Å². The van der Waals surface area contributed by atoms with E-state index in [1.165, 1.54) is 18.2 Å². The van der Waals surface area contributed by atoms with E-state index in [2.05, 4.69) is 10.5 Å². The monoisotopic (exact) mass is 439 g/mol. The number of carbonyl (C=O) groups excluding carboxylic acids is 2. The molecule has 0 bridgehead atoms. The Labute approximate surface area is 183 Å². The highest BCUT2D eigenvalue weighted by atomic mass is 19.1. The number of hydrogen-bond acceptors (Lipinski definition) is 6. The first-order chi connectivity index (χ1) is 15.4. The molecular formula is C23H22FN3O5. The number of hydrogen-bond donors (Lipinski definition) is 2. The Balaban J connectivity index is 1.48. The minimum atomic E-state index is -0.611. The SMILES string of the molecule is Cc1cc(C(=O)Nc2ccc(C3OCC(=O)N(Cc4ccc(F)cc4)C3CO)cc2)no1. The quantitative estimate of drug-likeness (QED) is 0.612. The van der Waals surface area contributed by atoms with Crippen LogP contribution in [0.1, 0.15) is 33.5 Å². The van der Waals surface area contributed by atoms with E-state index in [4.69, 9.17) is 9.26 Å². The number of nitrogens with one attached hydrogen (secondary N) is 1. The van der Waals surface area contributed by atoms with Crippen LogP contribution in [0.3, 0.4) is 0 Å². The number of aliphatic hydroxyl groups is 1. The highest BCUT2D eigenvalue weighted by Gasteiger charge is 2.37. The van der Waals surface area contributed by atoms with Crippen LogP contribution in [0.2, 0.25) is 0 Å². The number of aliphatic hydroxyl groups excluding tert-OH is 1. The number of ether oxygens (including phenoxy) is 1. The summed E-state index contributed by atoms with van der Waals surface area (Å²) in [5.74, 6) is -0.469. The molecule has 2 aromatic carbocycles. The first-order valence-electron chi connectivity index (χ1n) is 10.1. The minimum Gasteiger partial charge on any atom is -0.394 e. The number of aromatic nitrogens is 1.